The van der Waals surface area contributed by atoms with Gasteiger partial charge in [0.2, 0.25) is 11.7 Å². The summed E-state index contributed by atoms with van der Waals surface area (Å²) in [6.45, 7) is 1.67. The Labute approximate surface area is 257 Å². The average molecular weight is 632 g/mol. The van der Waals surface area contributed by atoms with Gasteiger partial charge in [-0.05, 0) is 63.9 Å². The number of carbonyl (C=O) groups is 1. The predicted octanol–water partition coefficient (Wildman–Crippen LogP) is 5.57. The van der Waals surface area contributed by atoms with Crippen molar-refractivity contribution in [1.29, 1.82) is 0 Å². The van der Waals surface area contributed by atoms with Crippen molar-refractivity contribution in [2.75, 3.05) is 32.6 Å². The number of nitrogens with zero attached hydrogens (tertiary/aromatic N) is 5. The van der Waals surface area contributed by atoms with Crippen LogP contribution < -0.4 is 10.6 Å². The fourth-order valence-corrected chi connectivity index (χ4v) is 6.44. The molecule has 6 rings (SSSR count). The second-order valence-corrected chi connectivity index (χ2v) is 12.4. The molecule has 3 aromatic heterocycles. The number of aromatic nitrogens is 4. The molecule has 45 heavy (non-hydrogen) atoms. The van der Waals surface area contributed by atoms with Gasteiger partial charge in [0, 0.05) is 49.7 Å². The quantitative estimate of drug-likeness (QED) is 0.233. The summed E-state index contributed by atoms with van der Waals surface area (Å²) in [4.78, 5) is 19.1. The monoisotopic (exact) mass is 631 g/mol. The van der Waals surface area contributed by atoms with Crippen LogP contribution in [0.1, 0.15) is 54.9 Å². The fraction of sp³-hybridized carbons (Fsp3) is 0.516. The number of piperidine rings is 1. The first kappa shape index (κ1) is 31.1. The topological polar surface area (TPSA) is 102 Å². The van der Waals surface area contributed by atoms with Gasteiger partial charge >= 0.3 is 6.18 Å². The largest absolute Gasteiger partial charge is 0.406 e. The molecule has 1 aromatic carbocycles. The molecule has 1 amide bonds. The van der Waals surface area contributed by atoms with Gasteiger partial charge in [-0.25, -0.2) is 4.39 Å². The maximum absolute atomic E-state index is 14.8. The third-order valence-electron chi connectivity index (χ3n) is 9.03. The number of rotatable bonds is 9. The normalized spacial score (nSPS) is 24.4. The minimum atomic E-state index is -4.53. The van der Waals surface area contributed by atoms with Crippen molar-refractivity contribution in [3.63, 3.8) is 0 Å². The molecule has 2 aliphatic rings. The van der Waals surface area contributed by atoms with Crippen LogP contribution in [0.25, 0.3) is 22.4 Å². The van der Waals surface area contributed by atoms with Crippen LogP contribution in [-0.4, -0.2) is 81.3 Å². The van der Waals surface area contributed by atoms with Crippen LogP contribution in [0, 0.1) is 0 Å². The van der Waals surface area contributed by atoms with Gasteiger partial charge in [-0.2, -0.15) is 18.2 Å². The van der Waals surface area contributed by atoms with E-state index in [-0.39, 0.29) is 48.0 Å². The molecular weight excluding hydrogens is 594 g/mol. The van der Waals surface area contributed by atoms with Crippen molar-refractivity contribution in [3.8, 4) is 11.5 Å². The Hall–Kier alpha value is -3.91. The minimum absolute atomic E-state index is 0.0400. The molecule has 242 valence electrons. The van der Waals surface area contributed by atoms with Crippen molar-refractivity contribution < 1.29 is 31.6 Å². The van der Waals surface area contributed by atoms with Crippen molar-refractivity contribution in [2.24, 2.45) is 0 Å². The number of alkyl halides is 4. The summed E-state index contributed by atoms with van der Waals surface area (Å²) in [6, 6.07) is 7.98. The lowest BCUT2D eigenvalue weighted by Crippen LogP contribution is -2.46. The molecule has 0 bridgehead atoms. The Kier molecular flexibility index (Phi) is 8.37. The van der Waals surface area contributed by atoms with E-state index < -0.39 is 24.9 Å². The van der Waals surface area contributed by atoms with Gasteiger partial charge in [0.05, 0.1) is 35.0 Å². The predicted molar refractivity (Wildman–Crippen MR) is 160 cm³/mol. The van der Waals surface area contributed by atoms with Gasteiger partial charge < -0.3 is 33.9 Å². The maximum Gasteiger partial charge on any atom is 0.406 e. The highest BCUT2D eigenvalue weighted by Crippen LogP contribution is 2.40. The maximum atomic E-state index is 14.8. The number of hydrogen-bond acceptors (Lipinski definition) is 7. The Morgan fingerprint density at radius 1 is 1.24 bits per heavy atom. The molecule has 0 unspecified atom stereocenters. The number of methoxy groups -OCH3 is 1. The molecule has 4 aromatic rings. The summed E-state index contributed by atoms with van der Waals surface area (Å²) in [5, 5.41) is 10.4. The third-order valence-corrected chi connectivity index (χ3v) is 9.03. The minimum Gasteiger partial charge on any atom is -0.379 e. The first-order valence-corrected chi connectivity index (χ1v) is 15.0. The molecule has 0 spiro atoms. The molecular formula is C31H37F4N7O3. The summed E-state index contributed by atoms with van der Waals surface area (Å²) in [6.07, 6.45) is 1.29. The molecule has 2 N–H and O–H groups in total. The number of benzene rings is 1. The van der Waals surface area contributed by atoms with E-state index in [9.17, 15) is 22.4 Å². The summed E-state index contributed by atoms with van der Waals surface area (Å²) in [5.41, 5.74) is 1.20. The zero-order valence-corrected chi connectivity index (χ0v) is 25.4. The van der Waals surface area contributed by atoms with Gasteiger partial charge in [0.15, 0.2) is 0 Å². The molecule has 1 aliphatic carbocycles. The van der Waals surface area contributed by atoms with Gasteiger partial charge in [0.25, 0.3) is 5.91 Å². The van der Waals surface area contributed by atoms with E-state index in [1.807, 2.05) is 22.7 Å². The number of amides is 1. The zero-order valence-electron chi connectivity index (χ0n) is 25.4. The number of hydrogen-bond donors (Lipinski definition) is 2. The zero-order chi connectivity index (χ0) is 31.9. The molecule has 4 atom stereocenters. The van der Waals surface area contributed by atoms with Crippen molar-refractivity contribution in [2.45, 2.75) is 75.7 Å². The van der Waals surface area contributed by atoms with Crippen LogP contribution in [0.2, 0.25) is 0 Å². The molecule has 1 saturated heterocycles. The van der Waals surface area contributed by atoms with E-state index >= 15 is 0 Å². The van der Waals surface area contributed by atoms with Gasteiger partial charge in [0.1, 0.15) is 12.7 Å². The molecule has 4 heterocycles. The molecule has 2 fully saturated rings. The van der Waals surface area contributed by atoms with Gasteiger partial charge in [-0.3, -0.25) is 4.79 Å². The van der Waals surface area contributed by atoms with Crippen LogP contribution in [0.3, 0.4) is 0 Å². The Morgan fingerprint density at radius 2 is 2.07 bits per heavy atom. The third kappa shape index (κ3) is 6.71. The summed E-state index contributed by atoms with van der Waals surface area (Å²) in [5.74, 6) is -0.358. The SMILES string of the molecule is CO[C@@]1(C)CC[C@H](n2ccc(C(=O)NCc3nc(-c4cc5c(N[C@@H]6CCN(C)C[C@@H]6F)cccc5n4CC(F)(F)F)no3)c2)C1. The number of ether oxygens (including phenoxy) is 1. The summed E-state index contributed by atoms with van der Waals surface area (Å²) in [7, 11) is 3.56. The lowest BCUT2D eigenvalue weighted by molar-refractivity contribution is -0.139. The number of halogens is 4. The van der Waals surface area contributed by atoms with Crippen LogP contribution in [0.4, 0.5) is 23.2 Å². The number of anilines is 1. The van der Waals surface area contributed by atoms with Crippen LogP contribution in [-0.2, 0) is 17.8 Å². The highest BCUT2D eigenvalue weighted by molar-refractivity contribution is 5.96. The van der Waals surface area contributed by atoms with E-state index in [1.165, 1.54) is 0 Å². The number of nitrogens with one attached hydrogen (secondary N) is 2. The van der Waals surface area contributed by atoms with E-state index in [2.05, 4.69) is 27.7 Å². The average Bonchev–Trinajstić information content (AvgIpc) is 3.79. The molecule has 14 heteroatoms. The second-order valence-electron chi connectivity index (χ2n) is 12.4. The highest BCUT2D eigenvalue weighted by atomic mass is 19.4. The number of likely N-dealkylation sites (tertiary alicyclic amines) is 1. The van der Waals surface area contributed by atoms with Crippen molar-refractivity contribution >= 4 is 22.5 Å². The molecule has 1 aliphatic heterocycles. The van der Waals surface area contributed by atoms with Crippen molar-refractivity contribution in [3.05, 3.63) is 54.2 Å². The smallest absolute Gasteiger partial charge is 0.379 e. The Balaban J connectivity index is 1.19. The number of fused-ring (bicyclic) bond motifs is 1. The number of carbonyl (C=O) groups excluding carboxylic acids is 1. The standard InChI is InChI=1S/C31H37F4N7O3/c1-30(44-3)10-7-20(14-30)41-12-8-19(16-41)29(43)36-15-27-38-28(39-45-27)26-13-21-23(37-24-9-11-40(2)17-22(24)32)5-4-6-25(21)42(26)18-31(33,34)35/h4-6,8,12-13,16,20,22,24,37H,7,9-11,14-15,17-18H2,1-3H3,(H,36,43)/t20-,22-,24+,30-/m0/s1. The van der Waals surface area contributed by atoms with Gasteiger partial charge in [-0.1, -0.05) is 11.2 Å². The summed E-state index contributed by atoms with van der Waals surface area (Å²) >= 11 is 0. The fourth-order valence-electron chi connectivity index (χ4n) is 6.44. The lowest BCUT2D eigenvalue weighted by Gasteiger charge is -2.33. The Bertz CT molecular complexity index is 1660. The second kappa shape index (κ2) is 12.1. The van der Waals surface area contributed by atoms with Crippen LogP contribution in [0.15, 0.2) is 47.2 Å². The summed E-state index contributed by atoms with van der Waals surface area (Å²) < 4.78 is 70.0. The lowest BCUT2D eigenvalue weighted by atomic mass is 10.0. The first-order valence-electron chi connectivity index (χ1n) is 15.0. The van der Waals surface area contributed by atoms with E-state index in [1.54, 1.807) is 43.6 Å². The van der Waals surface area contributed by atoms with Crippen LogP contribution in [0.5, 0.6) is 0 Å². The molecule has 1 saturated carbocycles. The van der Waals surface area contributed by atoms with E-state index in [0.717, 1.165) is 23.8 Å². The Morgan fingerprint density at radius 3 is 2.80 bits per heavy atom. The first-order chi connectivity index (χ1) is 21.4. The van der Waals surface area contributed by atoms with Gasteiger partial charge in [-0.15, -0.1) is 0 Å². The molecule has 10 nitrogen and oxygen atoms in total. The highest BCUT2D eigenvalue weighted by Gasteiger charge is 2.36. The van der Waals surface area contributed by atoms with E-state index in [0.29, 0.717) is 35.1 Å². The van der Waals surface area contributed by atoms with E-state index in [4.69, 9.17) is 9.26 Å². The van der Waals surface area contributed by atoms with Crippen molar-refractivity contribution in [1.82, 2.24) is 29.5 Å². The molecule has 0 radical (unpaired) electrons. The van der Waals surface area contributed by atoms with Crippen LogP contribution >= 0.6 is 0 Å².